The Kier molecular flexibility index (Phi) is 5.54. The Bertz CT molecular complexity index is 823. The van der Waals surface area contributed by atoms with E-state index in [1.165, 1.54) is 0 Å². The van der Waals surface area contributed by atoms with Crippen LogP contribution in [0.2, 0.25) is 0 Å². The fourth-order valence-corrected chi connectivity index (χ4v) is 3.54. The largest absolute Gasteiger partial charge is 0.481 e. The summed E-state index contributed by atoms with van der Waals surface area (Å²) in [7, 11) is 0. The Morgan fingerprint density at radius 2 is 1.30 bits per heavy atom. The second kappa shape index (κ2) is 8.03. The number of amides is 2. The van der Waals surface area contributed by atoms with Gasteiger partial charge in [-0.25, -0.2) is 0 Å². The van der Waals surface area contributed by atoms with Crippen LogP contribution in [-0.2, 0) is 4.79 Å². The van der Waals surface area contributed by atoms with Crippen LogP contribution in [0.4, 0.5) is 0 Å². The number of carboxylic acid groups (broad SMARTS) is 1. The minimum Gasteiger partial charge on any atom is -0.481 e. The van der Waals surface area contributed by atoms with Crippen molar-refractivity contribution in [3.8, 4) is 0 Å². The van der Waals surface area contributed by atoms with Crippen LogP contribution in [-0.4, -0.2) is 57.9 Å². The molecule has 0 radical (unpaired) electrons. The van der Waals surface area contributed by atoms with E-state index >= 15 is 0 Å². The SMILES string of the molecule is C[C@@H]1[C@H](CC(=O)O)N(C(=O)c2ccccc2)CCN1C(=O)c1ccccc1. The molecule has 0 aromatic heterocycles. The minimum absolute atomic E-state index is 0.148. The molecule has 0 aliphatic carbocycles. The van der Waals surface area contributed by atoms with Gasteiger partial charge >= 0.3 is 5.97 Å². The summed E-state index contributed by atoms with van der Waals surface area (Å²) in [6.07, 6.45) is -0.210. The molecule has 2 aromatic carbocycles. The molecule has 2 amide bonds. The Balaban J connectivity index is 1.86. The Morgan fingerprint density at radius 3 is 1.78 bits per heavy atom. The number of rotatable bonds is 4. The van der Waals surface area contributed by atoms with E-state index in [9.17, 15) is 19.5 Å². The van der Waals surface area contributed by atoms with Crippen LogP contribution >= 0.6 is 0 Å². The highest BCUT2D eigenvalue weighted by atomic mass is 16.4. The molecule has 0 saturated carbocycles. The number of piperazine rings is 1. The van der Waals surface area contributed by atoms with E-state index in [-0.39, 0.29) is 18.2 Å². The molecule has 140 valence electrons. The minimum atomic E-state index is -0.994. The fraction of sp³-hybridized carbons (Fsp3) is 0.286. The third-order valence-electron chi connectivity index (χ3n) is 4.98. The molecular formula is C21H22N2O4. The lowest BCUT2D eigenvalue weighted by atomic mass is 9.97. The molecule has 1 heterocycles. The van der Waals surface area contributed by atoms with Crippen molar-refractivity contribution in [3.05, 3.63) is 71.8 Å². The first kappa shape index (κ1) is 18.6. The van der Waals surface area contributed by atoms with Crippen molar-refractivity contribution in [1.82, 2.24) is 9.80 Å². The lowest BCUT2D eigenvalue weighted by Gasteiger charge is -2.46. The molecule has 1 N–H and O–H groups in total. The van der Waals surface area contributed by atoms with Crippen LogP contribution in [0.3, 0.4) is 0 Å². The molecule has 1 aliphatic heterocycles. The summed E-state index contributed by atoms with van der Waals surface area (Å²) in [5.74, 6) is -1.35. The van der Waals surface area contributed by atoms with E-state index in [1.54, 1.807) is 65.3 Å². The average Bonchev–Trinajstić information content (AvgIpc) is 2.69. The number of carboxylic acids is 1. The third-order valence-corrected chi connectivity index (χ3v) is 4.98. The Labute approximate surface area is 158 Å². The topological polar surface area (TPSA) is 77.9 Å². The molecule has 2 aromatic rings. The maximum absolute atomic E-state index is 12.9. The van der Waals surface area contributed by atoms with E-state index in [1.807, 2.05) is 12.1 Å². The van der Waals surface area contributed by atoms with Gasteiger partial charge in [-0.1, -0.05) is 36.4 Å². The molecular weight excluding hydrogens is 344 g/mol. The van der Waals surface area contributed by atoms with Crippen molar-refractivity contribution in [3.63, 3.8) is 0 Å². The molecule has 3 rings (SSSR count). The molecule has 1 aliphatic rings. The summed E-state index contributed by atoms with van der Waals surface area (Å²) in [5, 5.41) is 9.35. The normalized spacial score (nSPS) is 19.6. The first-order valence-corrected chi connectivity index (χ1v) is 8.93. The van der Waals surface area contributed by atoms with Gasteiger partial charge in [0, 0.05) is 24.2 Å². The molecule has 2 atom stereocenters. The Hall–Kier alpha value is -3.15. The van der Waals surface area contributed by atoms with Gasteiger partial charge in [-0.05, 0) is 31.2 Å². The van der Waals surface area contributed by atoms with Crippen molar-refractivity contribution in [1.29, 1.82) is 0 Å². The quantitative estimate of drug-likeness (QED) is 0.902. The van der Waals surface area contributed by atoms with Gasteiger partial charge in [0.25, 0.3) is 11.8 Å². The standard InChI is InChI=1S/C21H22N2O4/c1-15-18(14-19(24)25)23(21(27)17-10-6-3-7-11-17)13-12-22(15)20(26)16-8-4-2-5-9-16/h2-11,15,18H,12-14H2,1H3,(H,24,25)/t15-,18+/m1/s1. The van der Waals surface area contributed by atoms with E-state index in [0.717, 1.165) is 0 Å². The summed E-state index contributed by atoms with van der Waals surface area (Å²) in [6.45, 7) is 2.47. The number of benzene rings is 2. The highest BCUT2D eigenvalue weighted by Gasteiger charge is 2.39. The first-order valence-electron chi connectivity index (χ1n) is 8.93. The highest BCUT2D eigenvalue weighted by molar-refractivity contribution is 5.96. The van der Waals surface area contributed by atoms with Crippen LogP contribution in [0.25, 0.3) is 0 Å². The maximum Gasteiger partial charge on any atom is 0.305 e. The van der Waals surface area contributed by atoms with Crippen molar-refractivity contribution in [2.45, 2.75) is 25.4 Å². The molecule has 0 unspecified atom stereocenters. The number of nitrogens with zero attached hydrogens (tertiary/aromatic N) is 2. The van der Waals surface area contributed by atoms with Crippen molar-refractivity contribution >= 4 is 17.8 Å². The zero-order chi connectivity index (χ0) is 19.4. The maximum atomic E-state index is 12.9. The van der Waals surface area contributed by atoms with Gasteiger partial charge in [0.15, 0.2) is 0 Å². The van der Waals surface area contributed by atoms with Crippen LogP contribution < -0.4 is 0 Å². The number of carbonyl (C=O) groups excluding carboxylic acids is 2. The number of aliphatic carboxylic acids is 1. The summed E-state index contributed by atoms with van der Waals surface area (Å²) in [6, 6.07) is 16.7. The Morgan fingerprint density at radius 1 is 0.852 bits per heavy atom. The van der Waals surface area contributed by atoms with Gasteiger partial charge in [-0.15, -0.1) is 0 Å². The highest BCUT2D eigenvalue weighted by Crippen LogP contribution is 2.24. The first-order chi connectivity index (χ1) is 13.0. The number of carbonyl (C=O) groups is 3. The molecule has 0 bridgehead atoms. The van der Waals surface area contributed by atoms with E-state index in [2.05, 4.69) is 0 Å². The monoisotopic (exact) mass is 366 g/mol. The molecule has 1 saturated heterocycles. The smallest absolute Gasteiger partial charge is 0.305 e. The lowest BCUT2D eigenvalue weighted by molar-refractivity contribution is -0.139. The van der Waals surface area contributed by atoms with Gasteiger partial charge in [0.05, 0.1) is 18.5 Å². The molecule has 6 nitrogen and oxygen atoms in total. The van der Waals surface area contributed by atoms with Crippen molar-refractivity contribution < 1.29 is 19.5 Å². The summed E-state index contributed by atoms with van der Waals surface area (Å²) < 4.78 is 0. The molecule has 27 heavy (non-hydrogen) atoms. The van der Waals surface area contributed by atoms with Gasteiger partial charge in [0.2, 0.25) is 0 Å². The lowest BCUT2D eigenvalue weighted by Crippen LogP contribution is -2.61. The van der Waals surface area contributed by atoms with Gasteiger partial charge in [0.1, 0.15) is 0 Å². The van der Waals surface area contributed by atoms with E-state index < -0.39 is 18.1 Å². The molecule has 1 fully saturated rings. The van der Waals surface area contributed by atoms with Crippen LogP contribution in [0, 0.1) is 0 Å². The molecule has 6 heteroatoms. The van der Waals surface area contributed by atoms with Crippen molar-refractivity contribution in [2.75, 3.05) is 13.1 Å². The zero-order valence-corrected chi connectivity index (χ0v) is 15.1. The number of hydrogen-bond acceptors (Lipinski definition) is 3. The fourth-order valence-electron chi connectivity index (χ4n) is 3.54. The summed E-state index contributed by atoms with van der Waals surface area (Å²) in [4.78, 5) is 40.4. The van der Waals surface area contributed by atoms with Crippen LogP contribution in [0.1, 0.15) is 34.1 Å². The van der Waals surface area contributed by atoms with Crippen LogP contribution in [0.15, 0.2) is 60.7 Å². The predicted octanol–water partition coefficient (Wildman–Crippen LogP) is 2.52. The third kappa shape index (κ3) is 4.00. The molecule has 0 spiro atoms. The zero-order valence-electron chi connectivity index (χ0n) is 15.1. The van der Waals surface area contributed by atoms with E-state index in [0.29, 0.717) is 24.2 Å². The van der Waals surface area contributed by atoms with Crippen LogP contribution in [0.5, 0.6) is 0 Å². The second-order valence-corrected chi connectivity index (χ2v) is 6.63. The average molecular weight is 366 g/mol. The summed E-state index contributed by atoms with van der Waals surface area (Å²) >= 11 is 0. The van der Waals surface area contributed by atoms with Gasteiger partial charge < -0.3 is 14.9 Å². The number of hydrogen-bond donors (Lipinski definition) is 1. The van der Waals surface area contributed by atoms with E-state index in [4.69, 9.17) is 0 Å². The van der Waals surface area contributed by atoms with Gasteiger partial charge in [-0.2, -0.15) is 0 Å². The second-order valence-electron chi connectivity index (χ2n) is 6.63. The summed E-state index contributed by atoms with van der Waals surface area (Å²) in [5.41, 5.74) is 1.07. The van der Waals surface area contributed by atoms with Crippen molar-refractivity contribution in [2.24, 2.45) is 0 Å². The van der Waals surface area contributed by atoms with Gasteiger partial charge in [-0.3, -0.25) is 14.4 Å². The predicted molar refractivity (Wildman–Crippen MR) is 100 cm³/mol.